The number of nitrogens with two attached hydrogens (primary N) is 1. The largest absolute Gasteiger partial charge is 0.481 e. The Balaban J connectivity index is 2.19. The fourth-order valence-electron chi connectivity index (χ4n) is 1.96. The molecule has 0 saturated carbocycles. The van der Waals surface area contributed by atoms with E-state index in [0.29, 0.717) is 11.8 Å². The summed E-state index contributed by atoms with van der Waals surface area (Å²) in [6.07, 6.45) is 2.74. The molecule has 0 aliphatic carbocycles. The molecular formula is C15H20N4O. The van der Waals surface area contributed by atoms with Gasteiger partial charge in [-0.3, -0.25) is 0 Å². The summed E-state index contributed by atoms with van der Waals surface area (Å²) in [4.78, 5) is 10.9. The van der Waals surface area contributed by atoms with Gasteiger partial charge in [0.05, 0.1) is 7.11 Å². The Hall–Kier alpha value is -2.30. The lowest BCUT2D eigenvalue weighted by atomic mass is 10.2. The van der Waals surface area contributed by atoms with E-state index in [1.165, 1.54) is 5.56 Å². The van der Waals surface area contributed by atoms with E-state index >= 15 is 0 Å². The second kappa shape index (κ2) is 6.75. The van der Waals surface area contributed by atoms with Crippen LogP contribution in [0.5, 0.6) is 5.88 Å². The number of benzene rings is 1. The van der Waals surface area contributed by atoms with E-state index < -0.39 is 0 Å². The van der Waals surface area contributed by atoms with Crippen molar-refractivity contribution in [1.29, 1.82) is 0 Å². The van der Waals surface area contributed by atoms with Crippen molar-refractivity contribution in [2.24, 2.45) is 0 Å². The highest BCUT2D eigenvalue weighted by Crippen LogP contribution is 2.16. The van der Waals surface area contributed by atoms with Crippen LogP contribution in [0.4, 0.5) is 11.6 Å². The van der Waals surface area contributed by atoms with Gasteiger partial charge < -0.3 is 15.4 Å². The molecule has 0 fully saturated rings. The van der Waals surface area contributed by atoms with Gasteiger partial charge in [-0.1, -0.05) is 19.1 Å². The van der Waals surface area contributed by atoms with Gasteiger partial charge in [-0.2, -0.15) is 4.98 Å². The van der Waals surface area contributed by atoms with Gasteiger partial charge in [0.15, 0.2) is 0 Å². The third-order valence-corrected chi connectivity index (χ3v) is 2.96. The predicted molar refractivity (Wildman–Crippen MR) is 80.8 cm³/mol. The van der Waals surface area contributed by atoms with Crippen LogP contribution in [0.15, 0.2) is 36.5 Å². The van der Waals surface area contributed by atoms with Crippen molar-refractivity contribution < 1.29 is 4.74 Å². The molecule has 106 valence electrons. The van der Waals surface area contributed by atoms with Crippen LogP contribution in [0, 0.1) is 0 Å². The second-order valence-electron chi connectivity index (χ2n) is 4.56. The first kappa shape index (κ1) is 14.1. The SMILES string of the molecule is CCCN(Cc1ccc(N)cc1)c1nccc(OC)n1. The number of anilines is 2. The first-order valence-corrected chi connectivity index (χ1v) is 6.69. The van der Waals surface area contributed by atoms with Gasteiger partial charge in [-0.15, -0.1) is 0 Å². The number of hydrogen-bond donors (Lipinski definition) is 1. The second-order valence-corrected chi connectivity index (χ2v) is 4.56. The Morgan fingerprint density at radius 1 is 1.20 bits per heavy atom. The third kappa shape index (κ3) is 3.60. The Kier molecular flexibility index (Phi) is 4.76. The average molecular weight is 272 g/mol. The van der Waals surface area contributed by atoms with Gasteiger partial charge in [0, 0.05) is 31.0 Å². The molecule has 0 aliphatic heterocycles. The number of nitrogens with zero attached hydrogens (tertiary/aromatic N) is 3. The number of aromatic nitrogens is 2. The molecule has 0 aliphatic rings. The van der Waals surface area contributed by atoms with Crippen molar-refractivity contribution in [3.8, 4) is 5.88 Å². The fourth-order valence-corrected chi connectivity index (χ4v) is 1.96. The minimum Gasteiger partial charge on any atom is -0.481 e. The summed E-state index contributed by atoms with van der Waals surface area (Å²) in [6.45, 7) is 3.77. The molecule has 2 aromatic rings. The van der Waals surface area contributed by atoms with Gasteiger partial charge in [0.25, 0.3) is 0 Å². The number of nitrogen functional groups attached to an aromatic ring is 1. The number of rotatable bonds is 6. The molecule has 1 heterocycles. The molecule has 0 spiro atoms. The molecule has 0 amide bonds. The Labute approximate surface area is 119 Å². The highest BCUT2D eigenvalue weighted by atomic mass is 16.5. The summed E-state index contributed by atoms with van der Waals surface area (Å²) in [5.41, 5.74) is 7.66. The molecule has 0 unspecified atom stereocenters. The van der Waals surface area contributed by atoms with E-state index in [2.05, 4.69) is 21.8 Å². The fraction of sp³-hybridized carbons (Fsp3) is 0.333. The first-order chi connectivity index (χ1) is 9.72. The normalized spacial score (nSPS) is 10.3. The van der Waals surface area contributed by atoms with Gasteiger partial charge in [0.1, 0.15) is 0 Å². The minimum atomic E-state index is 0.577. The summed E-state index contributed by atoms with van der Waals surface area (Å²) in [5.74, 6) is 1.26. The van der Waals surface area contributed by atoms with Crippen LogP contribution in [0.1, 0.15) is 18.9 Å². The molecular weight excluding hydrogens is 252 g/mol. The maximum atomic E-state index is 5.71. The summed E-state index contributed by atoms with van der Waals surface area (Å²) in [5, 5.41) is 0. The highest BCUT2D eigenvalue weighted by Gasteiger charge is 2.10. The zero-order chi connectivity index (χ0) is 14.4. The van der Waals surface area contributed by atoms with E-state index in [9.17, 15) is 0 Å². The Morgan fingerprint density at radius 2 is 1.95 bits per heavy atom. The molecule has 0 atom stereocenters. The maximum Gasteiger partial charge on any atom is 0.228 e. The molecule has 5 nitrogen and oxygen atoms in total. The van der Waals surface area contributed by atoms with Crippen LogP contribution in [-0.2, 0) is 6.54 Å². The van der Waals surface area contributed by atoms with E-state index in [-0.39, 0.29) is 0 Å². The van der Waals surface area contributed by atoms with Crippen LogP contribution in [-0.4, -0.2) is 23.6 Å². The number of methoxy groups -OCH3 is 1. The lowest BCUT2D eigenvalue weighted by Crippen LogP contribution is -2.25. The molecule has 0 radical (unpaired) electrons. The first-order valence-electron chi connectivity index (χ1n) is 6.69. The quantitative estimate of drug-likeness (QED) is 0.818. The summed E-state index contributed by atoms with van der Waals surface area (Å²) >= 11 is 0. The van der Waals surface area contributed by atoms with Gasteiger partial charge in [0.2, 0.25) is 11.8 Å². The van der Waals surface area contributed by atoms with Crippen LogP contribution in [0.25, 0.3) is 0 Å². The average Bonchev–Trinajstić information content (AvgIpc) is 2.49. The van der Waals surface area contributed by atoms with Crippen molar-refractivity contribution in [1.82, 2.24) is 9.97 Å². The van der Waals surface area contributed by atoms with Crippen LogP contribution in [0.2, 0.25) is 0 Å². The van der Waals surface area contributed by atoms with Gasteiger partial charge >= 0.3 is 0 Å². The molecule has 5 heteroatoms. The summed E-state index contributed by atoms with van der Waals surface area (Å²) < 4.78 is 5.15. The summed E-state index contributed by atoms with van der Waals surface area (Å²) in [6, 6.07) is 9.62. The molecule has 0 bridgehead atoms. The molecule has 1 aromatic heterocycles. The lowest BCUT2D eigenvalue weighted by Gasteiger charge is -2.22. The van der Waals surface area contributed by atoms with Crippen molar-refractivity contribution in [3.05, 3.63) is 42.1 Å². The molecule has 0 saturated heterocycles. The maximum absolute atomic E-state index is 5.71. The highest BCUT2D eigenvalue weighted by molar-refractivity contribution is 5.41. The van der Waals surface area contributed by atoms with Crippen molar-refractivity contribution in [2.75, 3.05) is 24.3 Å². The topological polar surface area (TPSA) is 64.3 Å². The van der Waals surface area contributed by atoms with E-state index in [1.807, 2.05) is 24.3 Å². The van der Waals surface area contributed by atoms with E-state index in [0.717, 1.165) is 25.2 Å². The standard InChI is InChI=1S/C15H20N4O/c1-3-10-19(11-12-4-6-13(16)7-5-12)15-17-9-8-14(18-15)20-2/h4-9H,3,10-11,16H2,1-2H3. The molecule has 1 aromatic carbocycles. The number of hydrogen-bond acceptors (Lipinski definition) is 5. The van der Waals surface area contributed by atoms with Crippen molar-refractivity contribution in [2.45, 2.75) is 19.9 Å². The van der Waals surface area contributed by atoms with Crippen LogP contribution >= 0.6 is 0 Å². The monoisotopic (exact) mass is 272 g/mol. The van der Waals surface area contributed by atoms with Crippen molar-refractivity contribution >= 4 is 11.6 Å². The number of ether oxygens (including phenoxy) is 1. The van der Waals surface area contributed by atoms with E-state index in [1.54, 1.807) is 19.4 Å². The van der Waals surface area contributed by atoms with Gasteiger partial charge in [-0.25, -0.2) is 4.98 Å². The third-order valence-electron chi connectivity index (χ3n) is 2.96. The molecule has 2 rings (SSSR count). The van der Waals surface area contributed by atoms with Crippen molar-refractivity contribution in [3.63, 3.8) is 0 Å². The molecule has 2 N–H and O–H groups in total. The minimum absolute atomic E-state index is 0.577. The zero-order valence-electron chi connectivity index (χ0n) is 11.9. The van der Waals surface area contributed by atoms with Crippen LogP contribution in [0.3, 0.4) is 0 Å². The predicted octanol–water partition coefficient (Wildman–Crippen LogP) is 2.48. The Morgan fingerprint density at radius 3 is 2.60 bits per heavy atom. The molecule has 20 heavy (non-hydrogen) atoms. The smallest absolute Gasteiger partial charge is 0.228 e. The zero-order valence-corrected chi connectivity index (χ0v) is 11.9. The van der Waals surface area contributed by atoms with Crippen LogP contribution < -0.4 is 15.4 Å². The lowest BCUT2D eigenvalue weighted by molar-refractivity contribution is 0.396. The Bertz CT molecular complexity index is 542. The summed E-state index contributed by atoms with van der Waals surface area (Å²) in [7, 11) is 1.61. The van der Waals surface area contributed by atoms with Gasteiger partial charge in [-0.05, 0) is 24.1 Å². The van der Waals surface area contributed by atoms with E-state index in [4.69, 9.17) is 10.5 Å².